The summed E-state index contributed by atoms with van der Waals surface area (Å²) in [5, 5.41) is 26.2. The Morgan fingerprint density at radius 3 is 1.24 bits per heavy atom. The number of carbonyl (C=O) groups excluding carboxylic acids is 12. The molecule has 18 N–H and O–H groups in total. The number of nitrogens with one attached hydrogen (secondary N) is 10. The van der Waals surface area contributed by atoms with Crippen molar-refractivity contribution in [2.75, 3.05) is 76.1 Å². The molecule has 84 heavy (non-hydrogen) atoms. The summed E-state index contributed by atoms with van der Waals surface area (Å²) >= 11 is 0. The zero-order chi connectivity index (χ0) is 62.1. The summed E-state index contributed by atoms with van der Waals surface area (Å²) in [6, 6.07) is 6.64. The lowest BCUT2D eigenvalue weighted by molar-refractivity contribution is -0.137. The smallest absolute Gasteiger partial charge is 0.407 e. The van der Waals surface area contributed by atoms with E-state index in [9.17, 15) is 57.5 Å². The predicted octanol–water partition coefficient (Wildman–Crippen LogP) is -1.21. The molecular formula is C54H82N16O14. The number of anilines is 2. The van der Waals surface area contributed by atoms with Gasteiger partial charge in [0.1, 0.15) is 37.4 Å². The minimum atomic E-state index is -1.15. The highest BCUT2D eigenvalue weighted by molar-refractivity contribution is 6.13. The second kappa shape index (κ2) is 37.3. The van der Waals surface area contributed by atoms with Gasteiger partial charge in [-0.15, -0.1) is 0 Å². The van der Waals surface area contributed by atoms with Gasteiger partial charge in [0.2, 0.25) is 35.4 Å². The molecule has 0 saturated carbocycles. The molecule has 462 valence electrons. The van der Waals surface area contributed by atoms with Crippen LogP contribution in [0.4, 0.5) is 30.6 Å². The van der Waals surface area contributed by atoms with Crippen molar-refractivity contribution in [2.24, 2.45) is 34.8 Å². The molecule has 0 spiro atoms. The van der Waals surface area contributed by atoms with Crippen LogP contribution in [0.15, 0.2) is 60.7 Å². The molecule has 2 aromatic carbocycles. The number of primary amides is 2. The summed E-state index contributed by atoms with van der Waals surface area (Å²) in [7, 11) is 0. The fourth-order valence-corrected chi connectivity index (χ4v) is 7.98. The molecule has 14 amide bonds. The molecule has 1 heterocycles. The Labute approximate surface area is 487 Å². The number of imide groups is 1. The van der Waals surface area contributed by atoms with Crippen molar-refractivity contribution in [3.05, 3.63) is 71.8 Å². The van der Waals surface area contributed by atoms with Crippen molar-refractivity contribution in [1.29, 1.82) is 0 Å². The number of alkyl carbamates (subject to hydrolysis) is 2. The lowest BCUT2D eigenvalue weighted by Gasteiger charge is -2.27. The van der Waals surface area contributed by atoms with Crippen molar-refractivity contribution >= 4 is 82.9 Å². The van der Waals surface area contributed by atoms with Gasteiger partial charge in [0, 0.05) is 102 Å². The van der Waals surface area contributed by atoms with Crippen molar-refractivity contribution in [3.8, 4) is 0 Å². The first kappa shape index (κ1) is 69.4. The van der Waals surface area contributed by atoms with Gasteiger partial charge in [-0.2, -0.15) is 0 Å². The zero-order valence-electron chi connectivity index (χ0n) is 47.9. The molecule has 3 rings (SSSR count). The van der Waals surface area contributed by atoms with E-state index in [1.807, 2.05) is 0 Å². The van der Waals surface area contributed by atoms with Crippen LogP contribution >= 0.6 is 0 Å². The first-order chi connectivity index (χ1) is 40.0. The van der Waals surface area contributed by atoms with Gasteiger partial charge in [-0.3, -0.25) is 43.3 Å². The first-order valence-corrected chi connectivity index (χ1v) is 27.5. The maximum absolute atomic E-state index is 13.9. The third-order valence-electron chi connectivity index (χ3n) is 12.6. The standard InChI is InChI=1S/C54H82N16O14/c1-33(2)45(49(77)65-39(7-5-23-59-51(57)79)47(75)63-37-13-9-35(10-14-37)31-83-53(81)61-25-21-55)67-41(71)19-27-69(29-30-70-43(73)17-18-44(70)74)28-20-42(72)68-46(34(3)4)50(78)66-40(8-6-24-60-52(58)80)48(76)64-38-15-11-36(12-16-38)32-84-54(82)62-26-22-56/h9-18,33-34,39-40,45-46H,5-8,19-32,55-56H2,1-4H3,(H,61,81)(H,62,82)(H,63,75)(H,64,76)(H,65,77)(H,66,78)(H,67,71)(H,68,72)(H3,57,59,79)(H3,58,60,80). The summed E-state index contributed by atoms with van der Waals surface area (Å²) < 4.78 is 10.3. The van der Waals surface area contributed by atoms with Crippen LogP contribution in [0.5, 0.6) is 0 Å². The molecule has 0 aromatic heterocycles. The summed E-state index contributed by atoms with van der Waals surface area (Å²) in [5.74, 6) is -5.87. The Morgan fingerprint density at radius 2 is 0.893 bits per heavy atom. The fourth-order valence-electron chi connectivity index (χ4n) is 7.98. The predicted molar refractivity (Wildman–Crippen MR) is 307 cm³/mol. The van der Waals surface area contributed by atoms with Crippen LogP contribution in [-0.2, 0) is 61.0 Å². The van der Waals surface area contributed by atoms with Crippen molar-refractivity contribution in [2.45, 2.75) is 104 Å². The topological polar surface area (TPSA) is 454 Å². The average molecular weight is 1180 g/mol. The number of rotatable bonds is 37. The molecule has 30 nitrogen and oxygen atoms in total. The molecule has 1 aliphatic heterocycles. The third-order valence-corrected chi connectivity index (χ3v) is 12.6. The summed E-state index contributed by atoms with van der Waals surface area (Å²) in [6.07, 6.45) is 1.02. The van der Waals surface area contributed by atoms with Crippen LogP contribution in [0, 0.1) is 11.8 Å². The van der Waals surface area contributed by atoms with Crippen LogP contribution in [-0.4, -0.2) is 171 Å². The Hall–Kier alpha value is -8.90. The van der Waals surface area contributed by atoms with E-state index in [1.165, 1.54) is 0 Å². The van der Waals surface area contributed by atoms with E-state index in [0.717, 1.165) is 17.1 Å². The van der Waals surface area contributed by atoms with E-state index in [4.69, 9.17) is 32.4 Å². The molecule has 30 heteroatoms. The molecule has 4 unspecified atom stereocenters. The third kappa shape index (κ3) is 26.8. The van der Waals surface area contributed by atoms with Crippen LogP contribution < -0.4 is 76.1 Å². The van der Waals surface area contributed by atoms with E-state index in [0.29, 0.717) is 22.5 Å². The number of urea groups is 2. The van der Waals surface area contributed by atoms with E-state index < -0.39 is 108 Å². The number of carbonyl (C=O) groups is 12. The number of benzene rings is 2. The molecule has 0 saturated heterocycles. The molecule has 0 radical (unpaired) electrons. The second-order valence-corrected chi connectivity index (χ2v) is 20.0. The monoisotopic (exact) mass is 1180 g/mol. The van der Waals surface area contributed by atoms with E-state index >= 15 is 0 Å². The maximum Gasteiger partial charge on any atom is 0.407 e. The number of nitrogens with zero attached hydrogens (tertiary/aromatic N) is 2. The maximum atomic E-state index is 13.9. The number of hydrogen-bond donors (Lipinski definition) is 14. The van der Waals surface area contributed by atoms with Gasteiger partial charge in [-0.05, 0) is 72.9 Å². The van der Waals surface area contributed by atoms with Crippen molar-refractivity contribution < 1.29 is 67.0 Å². The van der Waals surface area contributed by atoms with Gasteiger partial charge in [0.15, 0.2) is 0 Å². The van der Waals surface area contributed by atoms with E-state index in [2.05, 4.69) is 53.2 Å². The molecule has 0 fully saturated rings. The largest absolute Gasteiger partial charge is 0.445 e. The SMILES string of the molecule is CC(C)C(NC(=O)CCN(CCC(=O)NC(C(=O)NC(CCCNC(N)=O)C(=O)Nc1ccc(COC(=O)NCCN)cc1)C(C)C)CCN1C(=O)C=CC1=O)C(=O)NC(CCCNC(N)=O)C(=O)Nc1ccc(COC(=O)NCCN)cc1. The highest BCUT2D eigenvalue weighted by Crippen LogP contribution is 2.16. The highest BCUT2D eigenvalue weighted by Gasteiger charge is 2.32. The summed E-state index contributed by atoms with van der Waals surface area (Å²) in [6.45, 7) is 7.65. The van der Waals surface area contributed by atoms with Crippen molar-refractivity contribution in [1.82, 2.24) is 52.3 Å². The lowest BCUT2D eigenvalue weighted by atomic mass is 10.0. The minimum absolute atomic E-state index is 0.0243. The van der Waals surface area contributed by atoms with Gasteiger partial charge in [-0.25, -0.2) is 19.2 Å². The molecule has 2 aromatic rings. The average Bonchev–Trinajstić information content (AvgIpc) is 3.91. The molecule has 1 aliphatic rings. The Bertz CT molecular complexity index is 2420. The Balaban J connectivity index is 1.70. The van der Waals surface area contributed by atoms with Crippen LogP contribution in [0.3, 0.4) is 0 Å². The van der Waals surface area contributed by atoms with Crippen molar-refractivity contribution in [3.63, 3.8) is 0 Å². The van der Waals surface area contributed by atoms with Gasteiger partial charge < -0.3 is 90.5 Å². The van der Waals surface area contributed by atoms with E-state index in [-0.39, 0.29) is 117 Å². The van der Waals surface area contributed by atoms with Gasteiger partial charge in [0.05, 0.1) is 0 Å². The summed E-state index contributed by atoms with van der Waals surface area (Å²) in [5.41, 5.74) is 23.2. The number of nitrogens with two attached hydrogens (primary N) is 4. The normalized spacial score (nSPS) is 13.2. The van der Waals surface area contributed by atoms with Crippen LogP contribution in [0.1, 0.15) is 77.3 Å². The second-order valence-electron chi connectivity index (χ2n) is 20.0. The summed E-state index contributed by atoms with van der Waals surface area (Å²) in [4.78, 5) is 157. The lowest BCUT2D eigenvalue weighted by Crippen LogP contribution is -2.55. The van der Waals surface area contributed by atoms with Gasteiger partial charge >= 0.3 is 24.2 Å². The first-order valence-electron chi connectivity index (χ1n) is 27.5. The molecule has 4 atom stereocenters. The molecule has 0 bridgehead atoms. The van der Waals surface area contributed by atoms with Crippen LogP contribution in [0.2, 0.25) is 0 Å². The highest BCUT2D eigenvalue weighted by atomic mass is 16.6. The number of ether oxygens (including phenoxy) is 2. The Kier molecular flexibility index (Phi) is 30.8. The van der Waals surface area contributed by atoms with E-state index in [1.54, 1.807) is 81.1 Å². The quantitative estimate of drug-likeness (QED) is 0.0279. The zero-order valence-corrected chi connectivity index (χ0v) is 47.9. The number of hydrogen-bond acceptors (Lipinski definition) is 17. The molecule has 0 aliphatic carbocycles. The van der Waals surface area contributed by atoms with Crippen LogP contribution in [0.25, 0.3) is 0 Å². The fraction of sp³-hybridized carbons (Fsp3) is 0.519. The number of amides is 14. The minimum Gasteiger partial charge on any atom is -0.445 e. The van der Waals surface area contributed by atoms with Gasteiger partial charge in [0.25, 0.3) is 11.8 Å². The van der Waals surface area contributed by atoms with Gasteiger partial charge in [-0.1, -0.05) is 52.0 Å². The Morgan fingerprint density at radius 1 is 0.512 bits per heavy atom. The molecular weight excluding hydrogens is 1100 g/mol.